The minimum absolute atomic E-state index is 0.246. The summed E-state index contributed by atoms with van der Waals surface area (Å²) in [7, 11) is 1.62. The minimum Gasteiger partial charge on any atom is -0.487 e. The van der Waals surface area contributed by atoms with Gasteiger partial charge in [-0.25, -0.2) is 0 Å². The highest BCUT2D eigenvalue weighted by Crippen LogP contribution is 2.34. The maximum absolute atomic E-state index is 12.7. The quantitative estimate of drug-likeness (QED) is 0.109. The van der Waals surface area contributed by atoms with Gasteiger partial charge in [-0.1, -0.05) is 12.1 Å². The van der Waals surface area contributed by atoms with Gasteiger partial charge in [0.2, 0.25) is 0 Å². The Kier molecular flexibility index (Phi) is 13.3. The van der Waals surface area contributed by atoms with Crippen LogP contribution in [-0.4, -0.2) is 102 Å². The van der Waals surface area contributed by atoms with Crippen molar-refractivity contribution in [2.45, 2.75) is 19.0 Å². The first-order chi connectivity index (χ1) is 20.3. The number of carbonyl (C=O) groups is 2. The van der Waals surface area contributed by atoms with Crippen molar-refractivity contribution in [3.8, 4) is 11.5 Å². The highest BCUT2D eigenvalue weighted by molar-refractivity contribution is 6.21. The van der Waals surface area contributed by atoms with Gasteiger partial charge in [0.25, 0.3) is 11.8 Å². The number of nitrogen functional groups attached to an aromatic ring is 2. The van der Waals surface area contributed by atoms with Gasteiger partial charge in [0.05, 0.1) is 87.6 Å². The smallest absolute Gasteiger partial charge is 0.263 e. The van der Waals surface area contributed by atoms with Crippen LogP contribution in [0.25, 0.3) is 0 Å². The first kappa shape index (κ1) is 33.0. The van der Waals surface area contributed by atoms with Gasteiger partial charge in [-0.2, -0.15) is 0 Å². The number of imide groups is 1. The summed E-state index contributed by atoms with van der Waals surface area (Å²) in [5.74, 6) is 0.106. The molecule has 1 aliphatic rings. The average molecular weight is 591 g/mol. The Morgan fingerprint density at radius 3 is 1.52 bits per heavy atom. The first-order valence-corrected chi connectivity index (χ1v) is 13.8. The van der Waals surface area contributed by atoms with Gasteiger partial charge < -0.3 is 50.4 Å². The monoisotopic (exact) mass is 590 g/mol. The summed E-state index contributed by atoms with van der Waals surface area (Å²) in [6.45, 7) is 5.68. The van der Waals surface area contributed by atoms with Crippen LogP contribution in [0.2, 0.25) is 0 Å². The molecule has 0 fully saturated rings. The van der Waals surface area contributed by atoms with Gasteiger partial charge >= 0.3 is 0 Å². The Balaban J connectivity index is 1.29. The van der Waals surface area contributed by atoms with E-state index in [2.05, 4.69) is 0 Å². The Morgan fingerprint density at radius 2 is 1.07 bits per heavy atom. The molecule has 0 saturated heterocycles. The van der Waals surface area contributed by atoms with E-state index >= 15 is 0 Å². The van der Waals surface area contributed by atoms with Gasteiger partial charge in [0.15, 0.2) is 11.5 Å². The molecule has 1 heterocycles. The van der Waals surface area contributed by atoms with E-state index in [1.807, 2.05) is 0 Å². The second kappa shape index (κ2) is 16.9. The molecule has 42 heavy (non-hydrogen) atoms. The van der Waals surface area contributed by atoms with Gasteiger partial charge in [-0.3, -0.25) is 14.5 Å². The minimum atomic E-state index is -1.19. The number of nitrogens with two attached hydrogens (primary N) is 3. The van der Waals surface area contributed by atoms with E-state index in [-0.39, 0.29) is 19.6 Å². The van der Waals surface area contributed by atoms with Crippen molar-refractivity contribution in [2.24, 2.45) is 5.73 Å². The highest BCUT2D eigenvalue weighted by atomic mass is 16.6. The number of ether oxygens (including phenoxy) is 7. The topological polar surface area (TPSA) is 180 Å². The molecule has 0 radical (unpaired) electrons. The fourth-order valence-corrected chi connectivity index (χ4v) is 4.07. The van der Waals surface area contributed by atoms with E-state index in [0.29, 0.717) is 93.5 Å². The molecule has 3 rings (SSSR count). The van der Waals surface area contributed by atoms with Crippen LogP contribution in [0, 0.1) is 0 Å². The van der Waals surface area contributed by atoms with Gasteiger partial charge in [-0.05, 0) is 19.1 Å². The Labute approximate surface area is 246 Å². The molecular weight excluding hydrogens is 548 g/mol. The summed E-state index contributed by atoms with van der Waals surface area (Å²) in [6.07, 6.45) is 0.274. The van der Waals surface area contributed by atoms with Crippen LogP contribution in [0.5, 0.6) is 11.5 Å². The lowest BCUT2D eigenvalue weighted by Gasteiger charge is -2.33. The third kappa shape index (κ3) is 9.54. The Hall–Kier alpha value is -3.46. The highest BCUT2D eigenvalue weighted by Gasteiger charge is 2.44. The van der Waals surface area contributed by atoms with Gasteiger partial charge in [0.1, 0.15) is 13.2 Å². The fourth-order valence-electron chi connectivity index (χ4n) is 4.07. The predicted octanol–water partition coefficient (Wildman–Crippen LogP) is 1.68. The molecule has 1 aliphatic heterocycles. The number of anilines is 2. The molecule has 2 amide bonds. The van der Waals surface area contributed by atoms with Crippen LogP contribution in [-0.2, 0) is 23.7 Å². The molecular formula is C29H42N4O9. The SMILES string of the molecule is COCCOCCOCCOc1cc(N)c(N)cc1OCCOCCOCCC(C)(N)N1C(=O)c2ccccc2C1=O. The summed E-state index contributed by atoms with van der Waals surface area (Å²) < 4.78 is 38.5. The van der Waals surface area contributed by atoms with E-state index in [1.165, 1.54) is 0 Å². The number of hydrogen-bond acceptors (Lipinski definition) is 12. The van der Waals surface area contributed by atoms with Crippen molar-refractivity contribution in [1.82, 2.24) is 4.90 Å². The summed E-state index contributed by atoms with van der Waals surface area (Å²) in [5.41, 5.74) is 18.5. The van der Waals surface area contributed by atoms with Crippen LogP contribution in [0.15, 0.2) is 36.4 Å². The van der Waals surface area contributed by atoms with Crippen molar-refractivity contribution in [3.05, 3.63) is 47.5 Å². The fraction of sp³-hybridized carbons (Fsp3) is 0.517. The molecule has 0 aromatic heterocycles. The van der Waals surface area contributed by atoms with Crippen molar-refractivity contribution in [2.75, 3.05) is 91.3 Å². The van der Waals surface area contributed by atoms with Crippen LogP contribution in [0.4, 0.5) is 11.4 Å². The molecule has 1 unspecified atom stereocenters. The maximum atomic E-state index is 12.7. The van der Waals surface area contributed by atoms with E-state index in [1.54, 1.807) is 50.4 Å². The van der Waals surface area contributed by atoms with Crippen LogP contribution < -0.4 is 26.7 Å². The van der Waals surface area contributed by atoms with Crippen LogP contribution >= 0.6 is 0 Å². The zero-order valence-electron chi connectivity index (χ0n) is 24.3. The van der Waals surface area contributed by atoms with E-state index in [4.69, 9.17) is 50.4 Å². The summed E-state index contributed by atoms with van der Waals surface area (Å²) in [4.78, 5) is 26.5. The number of amides is 2. The third-order valence-corrected chi connectivity index (χ3v) is 6.35. The lowest BCUT2D eigenvalue weighted by molar-refractivity contribution is 0.0156. The normalized spacial score (nSPS) is 14.2. The van der Waals surface area contributed by atoms with Crippen molar-refractivity contribution >= 4 is 23.2 Å². The second-order valence-corrected chi connectivity index (χ2v) is 9.67. The van der Waals surface area contributed by atoms with Crippen LogP contribution in [0.3, 0.4) is 0 Å². The van der Waals surface area contributed by atoms with Crippen molar-refractivity contribution < 1.29 is 42.7 Å². The third-order valence-electron chi connectivity index (χ3n) is 6.35. The second-order valence-electron chi connectivity index (χ2n) is 9.67. The molecule has 0 spiro atoms. The largest absolute Gasteiger partial charge is 0.487 e. The predicted molar refractivity (Wildman–Crippen MR) is 156 cm³/mol. The maximum Gasteiger partial charge on any atom is 0.263 e. The molecule has 0 saturated carbocycles. The Morgan fingerprint density at radius 1 is 0.667 bits per heavy atom. The Bertz CT molecular complexity index is 1130. The van der Waals surface area contributed by atoms with E-state index < -0.39 is 17.5 Å². The van der Waals surface area contributed by atoms with E-state index in [9.17, 15) is 9.59 Å². The molecule has 6 N–H and O–H groups in total. The number of methoxy groups -OCH3 is 1. The summed E-state index contributed by atoms with van der Waals surface area (Å²) in [6, 6.07) is 9.90. The lowest BCUT2D eigenvalue weighted by Crippen LogP contribution is -2.56. The molecule has 13 nitrogen and oxygen atoms in total. The molecule has 0 aliphatic carbocycles. The number of rotatable bonds is 21. The van der Waals surface area contributed by atoms with Gasteiger partial charge in [-0.15, -0.1) is 0 Å². The summed E-state index contributed by atoms with van der Waals surface area (Å²) >= 11 is 0. The molecule has 1 atom stereocenters. The standard InChI is InChI=1S/C29H42N4O9/c1-29(32,33-27(34)21-5-3-4-6-22(21)28(33)35)7-8-37-11-12-39-15-17-41-25-19-23(30)24(31)20-26(25)42-18-16-40-14-13-38-10-9-36-2/h3-6,19-20H,7-18,30-32H2,1-2H3. The van der Waals surface area contributed by atoms with Gasteiger partial charge in [0, 0.05) is 25.7 Å². The zero-order valence-corrected chi connectivity index (χ0v) is 24.3. The molecule has 232 valence electrons. The average Bonchev–Trinajstić information content (AvgIpc) is 3.23. The van der Waals surface area contributed by atoms with Crippen molar-refractivity contribution in [3.63, 3.8) is 0 Å². The molecule has 2 aromatic carbocycles. The number of fused-ring (bicyclic) bond motifs is 1. The number of nitrogens with zero attached hydrogens (tertiary/aromatic N) is 1. The molecule has 13 heteroatoms. The molecule has 0 bridgehead atoms. The molecule has 2 aromatic rings. The first-order valence-electron chi connectivity index (χ1n) is 13.8. The lowest BCUT2D eigenvalue weighted by atomic mass is 10.1. The van der Waals surface area contributed by atoms with Crippen molar-refractivity contribution in [1.29, 1.82) is 0 Å². The zero-order chi connectivity index (χ0) is 30.4. The number of benzene rings is 2. The van der Waals surface area contributed by atoms with Crippen LogP contribution in [0.1, 0.15) is 34.1 Å². The number of hydrogen-bond donors (Lipinski definition) is 3. The number of carbonyl (C=O) groups excluding carboxylic acids is 2. The van der Waals surface area contributed by atoms with E-state index in [0.717, 1.165) is 4.90 Å². The summed E-state index contributed by atoms with van der Waals surface area (Å²) in [5, 5.41) is 0.